The number of benzene rings is 1. The predicted molar refractivity (Wildman–Crippen MR) is 93.4 cm³/mol. The monoisotopic (exact) mass is 327 g/mol. The number of pyridine rings is 1. The van der Waals surface area contributed by atoms with Crippen molar-refractivity contribution >= 4 is 28.8 Å². The second-order valence-electron chi connectivity index (χ2n) is 5.61. The lowest BCUT2D eigenvalue weighted by Gasteiger charge is -2.10. The molecule has 0 fully saturated rings. The Morgan fingerprint density at radius 3 is 2.74 bits per heavy atom. The molecule has 118 valence electrons. The van der Waals surface area contributed by atoms with Crippen LogP contribution in [0.15, 0.2) is 36.5 Å². The van der Waals surface area contributed by atoms with E-state index in [0.717, 1.165) is 28.2 Å². The standard InChI is InChI=1S/C18H18ClN3O/c1-4-14-17(22-10-11(2)5-8-16(22)20-14)18(23)21-15-7-6-13(19)9-12(15)3/h5-10H,4H2,1-3H3,(H,21,23). The molecule has 2 heterocycles. The second kappa shape index (κ2) is 6.05. The maximum absolute atomic E-state index is 12.8. The highest BCUT2D eigenvalue weighted by molar-refractivity contribution is 6.30. The maximum Gasteiger partial charge on any atom is 0.274 e. The fourth-order valence-electron chi connectivity index (χ4n) is 2.64. The number of fused-ring (bicyclic) bond motifs is 1. The van der Waals surface area contributed by atoms with E-state index in [1.165, 1.54) is 0 Å². The van der Waals surface area contributed by atoms with Crippen LogP contribution in [0, 0.1) is 13.8 Å². The quantitative estimate of drug-likeness (QED) is 0.774. The van der Waals surface area contributed by atoms with Crippen LogP contribution in [0.1, 0.15) is 34.2 Å². The minimum atomic E-state index is -0.162. The van der Waals surface area contributed by atoms with Crippen LogP contribution in [0.4, 0.5) is 5.69 Å². The van der Waals surface area contributed by atoms with Gasteiger partial charge in [-0.3, -0.25) is 9.20 Å². The molecule has 1 N–H and O–H groups in total. The Morgan fingerprint density at radius 1 is 1.26 bits per heavy atom. The van der Waals surface area contributed by atoms with Gasteiger partial charge in [-0.15, -0.1) is 0 Å². The van der Waals surface area contributed by atoms with Crippen molar-refractivity contribution in [2.45, 2.75) is 27.2 Å². The van der Waals surface area contributed by atoms with Crippen molar-refractivity contribution in [3.63, 3.8) is 0 Å². The van der Waals surface area contributed by atoms with Gasteiger partial charge in [0.15, 0.2) is 0 Å². The highest BCUT2D eigenvalue weighted by Crippen LogP contribution is 2.22. The van der Waals surface area contributed by atoms with Gasteiger partial charge in [0, 0.05) is 16.9 Å². The minimum Gasteiger partial charge on any atom is -0.320 e. The molecule has 3 rings (SSSR count). The molecule has 3 aromatic rings. The molecule has 0 saturated heterocycles. The highest BCUT2D eigenvalue weighted by atomic mass is 35.5. The van der Waals surface area contributed by atoms with Gasteiger partial charge in [0.2, 0.25) is 0 Å². The molecule has 0 bridgehead atoms. The largest absolute Gasteiger partial charge is 0.320 e. The van der Waals surface area contributed by atoms with Crippen LogP contribution >= 0.6 is 11.6 Å². The van der Waals surface area contributed by atoms with Crippen LogP contribution in [0.3, 0.4) is 0 Å². The molecule has 5 heteroatoms. The zero-order valence-corrected chi connectivity index (χ0v) is 14.1. The molecular weight excluding hydrogens is 310 g/mol. The van der Waals surface area contributed by atoms with Gasteiger partial charge in [-0.25, -0.2) is 4.98 Å². The van der Waals surface area contributed by atoms with E-state index in [9.17, 15) is 4.79 Å². The number of hydrogen-bond acceptors (Lipinski definition) is 2. The summed E-state index contributed by atoms with van der Waals surface area (Å²) in [6.45, 7) is 5.91. The molecule has 0 spiro atoms. The number of aromatic nitrogens is 2. The summed E-state index contributed by atoms with van der Waals surface area (Å²) >= 11 is 5.97. The summed E-state index contributed by atoms with van der Waals surface area (Å²) in [5, 5.41) is 3.62. The number of imidazole rings is 1. The molecular formula is C18H18ClN3O. The summed E-state index contributed by atoms with van der Waals surface area (Å²) in [5.41, 5.74) is 4.91. The van der Waals surface area contributed by atoms with E-state index < -0.39 is 0 Å². The Bertz CT molecular complexity index is 899. The van der Waals surface area contributed by atoms with Gasteiger partial charge in [0.05, 0.1) is 5.69 Å². The molecule has 0 aliphatic rings. The number of carbonyl (C=O) groups is 1. The van der Waals surface area contributed by atoms with Gasteiger partial charge in [-0.1, -0.05) is 24.6 Å². The molecule has 1 amide bonds. The van der Waals surface area contributed by atoms with Crippen molar-refractivity contribution in [3.8, 4) is 0 Å². The van der Waals surface area contributed by atoms with Crippen molar-refractivity contribution < 1.29 is 4.79 Å². The highest BCUT2D eigenvalue weighted by Gasteiger charge is 2.19. The number of nitrogens with zero attached hydrogens (tertiary/aromatic N) is 2. The molecule has 0 atom stereocenters. The smallest absolute Gasteiger partial charge is 0.274 e. The lowest BCUT2D eigenvalue weighted by atomic mass is 10.2. The zero-order valence-electron chi connectivity index (χ0n) is 13.4. The lowest BCUT2D eigenvalue weighted by Crippen LogP contribution is -2.17. The van der Waals surface area contributed by atoms with Gasteiger partial charge < -0.3 is 5.32 Å². The van der Waals surface area contributed by atoms with Gasteiger partial charge in [-0.2, -0.15) is 0 Å². The topological polar surface area (TPSA) is 46.4 Å². The molecule has 1 aromatic carbocycles. The first-order valence-electron chi connectivity index (χ1n) is 7.54. The van der Waals surface area contributed by atoms with Crippen LogP contribution in [0.25, 0.3) is 5.65 Å². The molecule has 4 nitrogen and oxygen atoms in total. The molecule has 0 aliphatic carbocycles. The van der Waals surface area contributed by atoms with E-state index in [-0.39, 0.29) is 5.91 Å². The summed E-state index contributed by atoms with van der Waals surface area (Å²) in [5.74, 6) is -0.162. The van der Waals surface area contributed by atoms with Crippen molar-refractivity contribution in [2.24, 2.45) is 0 Å². The fourth-order valence-corrected chi connectivity index (χ4v) is 2.86. The third kappa shape index (κ3) is 2.94. The van der Waals surface area contributed by atoms with E-state index >= 15 is 0 Å². The Balaban J connectivity index is 2.04. The second-order valence-corrected chi connectivity index (χ2v) is 6.05. The first-order valence-corrected chi connectivity index (χ1v) is 7.92. The van der Waals surface area contributed by atoms with Crippen LogP contribution < -0.4 is 5.32 Å². The normalized spacial score (nSPS) is 11.0. The molecule has 0 radical (unpaired) electrons. The molecule has 0 aliphatic heterocycles. The molecule has 2 aromatic heterocycles. The van der Waals surface area contributed by atoms with E-state index in [4.69, 9.17) is 11.6 Å². The summed E-state index contributed by atoms with van der Waals surface area (Å²) < 4.78 is 1.86. The van der Waals surface area contributed by atoms with Gasteiger partial charge in [-0.05, 0) is 55.7 Å². The third-order valence-electron chi connectivity index (χ3n) is 3.83. The average Bonchev–Trinajstić information content (AvgIpc) is 2.87. The van der Waals surface area contributed by atoms with Crippen molar-refractivity contribution in [2.75, 3.05) is 5.32 Å². The zero-order chi connectivity index (χ0) is 16.6. The molecule has 23 heavy (non-hydrogen) atoms. The van der Waals surface area contributed by atoms with Crippen LogP contribution in [-0.4, -0.2) is 15.3 Å². The van der Waals surface area contributed by atoms with Crippen LogP contribution in [0.2, 0.25) is 5.02 Å². The number of carbonyl (C=O) groups excluding carboxylic acids is 1. The number of amides is 1. The van der Waals surface area contributed by atoms with Crippen LogP contribution in [0.5, 0.6) is 0 Å². The summed E-state index contributed by atoms with van der Waals surface area (Å²) in [6, 6.07) is 9.33. The number of anilines is 1. The lowest BCUT2D eigenvalue weighted by molar-refractivity contribution is 0.102. The Hall–Kier alpha value is -2.33. The van der Waals surface area contributed by atoms with Crippen molar-refractivity contribution in [3.05, 3.63) is 64.1 Å². The Labute approximate surface area is 140 Å². The fraction of sp³-hybridized carbons (Fsp3) is 0.222. The van der Waals surface area contributed by atoms with Crippen molar-refractivity contribution in [1.82, 2.24) is 9.38 Å². The van der Waals surface area contributed by atoms with E-state index in [1.54, 1.807) is 6.07 Å². The number of rotatable bonds is 3. The Kier molecular flexibility index (Phi) is 4.09. The summed E-state index contributed by atoms with van der Waals surface area (Å²) in [7, 11) is 0. The van der Waals surface area contributed by atoms with E-state index in [1.807, 2.05) is 55.6 Å². The number of aryl methyl sites for hydroxylation is 3. The van der Waals surface area contributed by atoms with E-state index in [0.29, 0.717) is 17.1 Å². The predicted octanol–water partition coefficient (Wildman–Crippen LogP) is 4.42. The average molecular weight is 328 g/mol. The first-order chi connectivity index (χ1) is 11.0. The van der Waals surface area contributed by atoms with Crippen LogP contribution in [-0.2, 0) is 6.42 Å². The molecule has 0 saturated carbocycles. The Morgan fingerprint density at radius 2 is 2.04 bits per heavy atom. The SMILES string of the molecule is CCc1nc2ccc(C)cn2c1C(=O)Nc1ccc(Cl)cc1C. The number of hydrogen-bond donors (Lipinski definition) is 1. The van der Waals surface area contributed by atoms with Gasteiger partial charge >= 0.3 is 0 Å². The number of nitrogens with one attached hydrogen (secondary N) is 1. The third-order valence-corrected chi connectivity index (χ3v) is 4.06. The van der Waals surface area contributed by atoms with Gasteiger partial charge in [0.1, 0.15) is 11.3 Å². The summed E-state index contributed by atoms with van der Waals surface area (Å²) in [6.07, 6.45) is 2.63. The summed E-state index contributed by atoms with van der Waals surface area (Å²) in [4.78, 5) is 17.4. The van der Waals surface area contributed by atoms with E-state index in [2.05, 4.69) is 10.3 Å². The number of halogens is 1. The first kappa shape index (κ1) is 15.6. The minimum absolute atomic E-state index is 0.162. The maximum atomic E-state index is 12.8. The van der Waals surface area contributed by atoms with Crippen molar-refractivity contribution in [1.29, 1.82) is 0 Å². The molecule has 0 unspecified atom stereocenters. The van der Waals surface area contributed by atoms with Gasteiger partial charge in [0.25, 0.3) is 5.91 Å².